The van der Waals surface area contributed by atoms with E-state index in [1.54, 1.807) is 44.4 Å². The maximum absolute atomic E-state index is 13.1. The van der Waals surface area contributed by atoms with Gasteiger partial charge in [0.2, 0.25) is 0 Å². The summed E-state index contributed by atoms with van der Waals surface area (Å²) in [5.41, 5.74) is 7.44. The summed E-state index contributed by atoms with van der Waals surface area (Å²) in [4.78, 5) is 42.9. The Morgan fingerprint density at radius 1 is 1.06 bits per heavy atom. The quantitative estimate of drug-likeness (QED) is 0.264. The Bertz CT molecular complexity index is 1510. The first-order valence-corrected chi connectivity index (χ1v) is 12.1. The molecule has 0 atom stereocenters. The van der Waals surface area contributed by atoms with Gasteiger partial charge in [0, 0.05) is 24.6 Å². The molecule has 0 aliphatic rings. The Kier molecular flexibility index (Phi) is 7.25. The number of hydrogen-bond donors (Lipinski definition) is 3. The number of aryl methyl sites for hydroxylation is 3. The van der Waals surface area contributed by atoms with Crippen molar-refractivity contribution in [3.05, 3.63) is 103 Å². The first-order valence-electron chi connectivity index (χ1n) is 11.3. The molecule has 3 aromatic heterocycles. The van der Waals surface area contributed by atoms with Crippen LogP contribution in [0.5, 0.6) is 0 Å². The van der Waals surface area contributed by atoms with E-state index in [2.05, 4.69) is 25.9 Å². The molecule has 0 saturated carbocycles. The van der Waals surface area contributed by atoms with Crippen molar-refractivity contribution >= 4 is 28.9 Å². The molecule has 0 saturated heterocycles. The first-order chi connectivity index (χ1) is 17.2. The number of hydrogen-bond acceptors (Lipinski definition) is 6. The number of thiophene rings is 1. The lowest BCUT2D eigenvalue weighted by Crippen LogP contribution is -2.23. The molecular weight excluding hydrogens is 476 g/mol. The van der Waals surface area contributed by atoms with E-state index in [0.717, 1.165) is 33.7 Å². The Labute approximate surface area is 211 Å². The number of aromatic amines is 1. The number of amides is 2. The van der Waals surface area contributed by atoms with Crippen LogP contribution in [0.15, 0.2) is 64.8 Å². The van der Waals surface area contributed by atoms with Crippen LogP contribution in [0.25, 0.3) is 5.69 Å². The van der Waals surface area contributed by atoms with Gasteiger partial charge >= 0.3 is 0 Å². The summed E-state index contributed by atoms with van der Waals surface area (Å²) < 4.78 is 1.47. The van der Waals surface area contributed by atoms with Crippen molar-refractivity contribution < 1.29 is 9.59 Å². The van der Waals surface area contributed by atoms with Gasteiger partial charge in [0.15, 0.2) is 0 Å². The zero-order valence-corrected chi connectivity index (χ0v) is 21.2. The average Bonchev–Trinajstić information content (AvgIpc) is 3.48. The van der Waals surface area contributed by atoms with Crippen LogP contribution in [-0.4, -0.2) is 32.3 Å². The molecule has 0 spiro atoms. The molecule has 3 heterocycles. The third-order valence-corrected chi connectivity index (χ3v) is 6.82. The number of pyridine rings is 1. The fourth-order valence-corrected chi connectivity index (χ4v) is 4.43. The molecule has 0 unspecified atom stereocenters. The van der Waals surface area contributed by atoms with Crippen LogP contribution in [-0.2, 0) is 6.54 Å². The van der Waals surface area contributed by atoms with Crippen molar-refractivity contribution in [3.63, 3.8) is 0 Å². The summed E-state index contributed by atoms with van der Waals surface area (Å²) in [6.07, 6.45) is 3.34. The monoisotopic (exact) mass is 502 g/mol. The van der Waals surface area contributed by atoms with E-state index in [-0.39, 0.29) is 11.5 Å². The highest BCUT2D eigenvalue weighted by atomic mass is 32.1. The number of carbonyl (C=O) groups excluding carboxylic acids is 2. The van der Waals surface area contributed by atoms with Crippen molar-refractivity contribution in [2.45, 2.75) is 34.2 Å². The van der Waals surface area contributed by atoms with Crippen LogP contribution in [0.2, 0.25) is 0 Å². The molecule has 1 aromatic carbocycles. The molecule has 0 radical (unpaired) electrons. The van der Waals surface area contributed by atoms with Crippen molar-refractivity contribution in [2.24, 2.45) is 5.10 Å². The van der Waals surface area contributed by atoms with Crippen LogP contribution in [0.3, 0.4) is 0 Å². The lowest BCUT2D eigenvalue weighted by atomic mass is 10.1. The van der Waals surface area contributed by atoms with E-state index in [1.165, 1.54) is 4.68 Å². The van der Waals surface area contributed by atoms with Crippen LogP contribution in [0.4, 0.5) is 0 Å². The van der Waals surface area contributed by atoms with Gasteiger partial charge in [-0.1, -0.05) is 12.1 Å². The summed E-state index contributed by atoms with van der Waals surface area (Å²) in [5.74, 6) is -0.745. The molecule has 3 N–H and O–H groups in total. The Balaban J connectivity index is 1.44. The number of aromatic nitrogens is 3. The van der Waals surface area contributed by atoms with Crippen LogP contribution in [0, 0.1) is 20.8 Å². The molecule has 9 nitrogen and oxygen atoms in total. The van der Waals surface area contributed by atoms with Gasteiger partial charge in [-0.25, -0.2) is 10.1 Å². The van der Waals surface area contributed by atoms with Gasteiger partial charge in [-0.3, -0.25) is 24.5 Å². The number of carbonyl (C=O) groups is 2. The Morgan fingerprint density at radius 3 is 2.50 bits per heavy atom. The fourth-order valence-electron chi connectivity index (χ4n) is 3.62. The van der Waals surface area contributed by atoms with E-state index in [1.807, 2.05) is 38.1 Å². The highest BCUT2D eigenvalue weighted by Crippen LogP contribution is 2.17. The molecule has 36 heavy (non-hydrogen) atoms. The third kappa shape index (κ3) is 5.33. The second-order valence-corrected chi connectivity index (χ2v) is 9.45. The second kappa shape index (κ2) is 10.5. The molecule has 4 aromatic rings. The van der Waals surface area contributed by atoms with Gasteiger partial charge in [-0.05, 0) is 74.7 Å². The minimum Gasteiger partial charge on any atom is -0.347 e. The molecule has 2 amide bonds. The second-order valence-electron chi connectivity index (χ2n) is 8.37. The zero-order chi connectivity index (χ0) is 25.8. The van der Waals surface area contributed by atoms with E-state index < -0.39 is 5.91 Å². The number of rotatable bonds is 7. The Morgan fingerprint density at radius 2 is 1.81 bits per heavy atom. The van der Waals surface area contributed by atoms with Crippen molar-refractivity contribution in [2.75, 3.05) is 0 Å². The fraction of sp³-hybridized carbons (Fsp3) is 0.192. The van der Waals surface area contributed by atoms with Gasteiger partial charge in [-0.15, -0.1) is 11.3 Å². The summed E-state index contributed by atoms with van der Waals surface area (Å²) in [6, 6.07) is 12.6. The first kappa shape index (κ1) is 24.8. The van der Waals surface area contributed by atoms with Crippen LogP contribution in [0.1, 0.15) is 54.2 Å². The summed E-state index contributed by atoms with van der Waals surface area (Å²) in [5, 5.41) is 10.0. The van der Waals surface area contributed by atoms with Gasteiger partial charge in [-0.2, -0.15) is 5.10 Å². The van der Waals surface area contributed by atoms with Crippen LogP contribution < -0.4 is 16.3 Å². The number of hydrazone groups is 1. The van der Waals surface area contributed by atoms with E-state index in [9.17, 15) is 14.4 Å². The van der Waals surface area contributed by atoms with Crippen molar-refractivity contribution in [1.29, 1.82) is 0 Å². The molecule has 0 aliphatic carbocycles. The SMILES string of the molecule is CC(=NNC(=O)c1ccc(C(=O)NCc2cccnc2)s1)c1c(C)[nH]n(-c2ccc(C)c(C)c2)c1=O. The number of H-pyrrole nitrogens is 1. The third-order valence-electron chi connectivity index (χ3n) is 5.74. The molecule has 4 rings (SSSR count). The normalized spacial score (nSPS) is 11.4. The predicted octanol–water partition coefficient (Wildman–Crippen LogP) is 3.63. The van der Waals surface area contributed by atoms with Gasteiger partial charge in [0.25, 0.3) is 17.4 Å². The Hall–Kier alpha value is -4.31. The molecular formula is C26H26N6O3S. The lowest BCUT2D eigenvalue weighted by Gasteiger charge is -2.05. The molecule has 0 aliphatic heterocycles. The molecule has 0 fully saturated rings. The summed E-state index contributed by atoms with van der Waals surface area (Å²) in [6.45, 7) is 7.78. The maximum Gasteiger partial charge on any atom is 0.281 e. The molecule has 0 bridgehead atoms. The average molecular weight is 503 g/mol. The van der Waals surface area contributed by atoms with Crippen LogP contribution >= 0.6 is 11.3 Å². The predicted molar refractivity (Wildman–Crippen MR) is 140 cm³/mol. The number of nitrogens with zero attached hydrogens (tertiary/aromatic N) is 3. The lowest BCUT2D eigenvalue weighted by molar-refractivity contribution is 0.0950. The summed E-state index contributed by atoms with van der Waals surface area (Å²) >= 11 is 1.06. The van der Waals surface area contributed by atoms with E-state index >= 15 is 0 Å². The number of benzene rings is 1. The summed E-state index contributed by atoms with van der Waals surface area (Å²) in [7, 11) is 0. The van der Waals surface area contributed by atoms with Gasteiger partial charge in [0.05, 0.1) is 26.7 Å². The zero-order valence-electron chi connectivity index (χ0n) is 20.4. The topological polar surface area (TPSA) is 121 Å². The minimum absolute atomic E-state index is 0.255. The standard InChI is InChI=1S/C26H26N6O3S/c1-15-7-8-20(12-16(15)2)32-26(35)23(18(4)31-32)17(3)29-30-25(34)22-10-9-21(36-22)24(33)28-14-19-6-5-11-27-13-19/h5-13,31H,14H2,1-4H3,(H,28,33)(H,30,34). The van der Waals surface area contributed by atoms with Crippen molar-refractivity contribution in [1.82, 2.24) is 25.5 Å². The molecule has 184 valence electrons. The highest BCUT2D eigenvalue weighted by Gasteiger charge is 2.17. The highest BCUT2D eigenvalue weighted by molar-refractivity contribution is 7.15. The van der Waals surface area contributed by atoms with E-state index in [0.29, 0.717) is 33.3 Å². The molecule has 10 heteroatoms. The minimum atomic E-state index is -0.465. The van der Waals surface area contributed by atoms with Gasteiger partial charge in [0.1, 0.15) is 0 Å². The van der Waals surface area contributed by atoms with Gasteiger partial charge < -0.3 is 5.32 Å². The van der Waals surface area contributed by atoms with Crippen molar-refractivity contribution in [3.8, 4) is 5.69 Å². The maximum atomic E-state index is 13.1. The largest absolute Gasteiger partial charge is 0.347 e. The smallest absolute Gasteiger partial charge is 0.281 e. The van der Waals surface area contributed by atoms with E-state index in [4.69, 9.17) is 0 Å². The number of nitrogens with one attached hydrogen (secondary N) is 3.